The van der Waals surface area contributed by atoms with Crippen molar-refractivity contribution in [3.8, 4) is 5.75 Å². The summed E-state index contributed by atoms with van der Waals surface area (Å²) in [7, 11) is 3.83. The summed E-state index contributed by atoms with van der Waals surface area (Å²) in [4.78, 5) is 15.3. The molecule has 3 rings (SSSR count). The summed E-state index contributed by atoms with van der Waals surface area (Å²) in [6.45, 7) is 0.525. The fourth-order valence-corrected chi connectivity index (χ4v) is 3.74. The Morgan fingerprint density at radius 2 is 2.09 bits per heavy atom. The monoisotopic (exact) mass is 379 g/mol. The zero-order valence-electron chi connectivity index (χ0n) is 12.1. The molecule has 114 valence electrons. The number of carbonyl (C=O) groups excluding carboxylic acids is 1. The number of fused-ring (bicyclic) bond motifs is 1. The average Bonchev–Trinajstić information content (AvgIpc) is 3.07. The Morgan fingerprint density at radius 1 is 1.32 bits per heavy atom. The van der Waals surface area contributed by atoms with Crippen molar-refractivity contribution in [2.24, 2.45) is 0 Å². The number of phenolic OH excluding ortho intramolecular Hbond substituents is 1. The predicted octanol–water partition coefficient (Wildman–Crippen LogP) is 4.26. The number of benzene rings is 1. The van der Waals surface area contributed by atoms with Gasteiger partial charge in [-0.2, -0.15) is 0 Å². The number of nitrogens with zero attached hydrogens (tertiary/aromatic N) is 1. The Balaban J connectivity index is 2.18. The molecule has 1 aromatic carbocycles. The first kappa shape index (κ1) is 15.3. The van der Waals surface area contributed by atoms with Gasteiger partial charge in [-0.25, -0.2) is 0 Å². The van der Waals surface area contributed by atoms with E-state index in [9.17, 15) is 9.90 Å². The fourth-order valence-electron chi connectivity index (χ4n) is 2.40. The van der Waals surface area contributed by atoms with Crippen molar-refractivity contribution in [3.63, 3.8) is 0 Å². The quantitative estimate of drug-likeness (QED) is 0.688. The predicted molar refractivity (Wildman–Crippen MR) is 90.7 cm³/mol. The maximum Gasteiger partial charge on any atom is 0.206 e. The number of hydrogen-bond donors (Lipinski definition) is 1. The molecular weight excluding hydrogens is 366 g/mol. The van der Waals surface area contributed by atoms with Crippen LogP contribution in [0.5, 0.6) is 5.75 Å². The van der Waals surface area contributed by atoms with Crippen LogP contribution in [0.2, 0.25) is 0 Å². The lowest BCUT2D eigenvalue weighted by atomic mass is 10.0. The number of rotatable bonds is 4. The van der Waals surface area contributed by atoms with Crippen LogP contribution in [0.3, 0.4) is 0 Å². The third kappa shape index (κ3) is 2.69. The van der Waals surface area contributed by atoms with Crippen molar-refractivity contribution in [3.05, 3.63) is 50.3 Å². The summed E-state index contributed by atoms with van der Waals surface area (Å²) in [6, 6.07) is 6.91. The number of carbonyl (C=O) groups is 1. The second-order valence-electron chi connectivity index (χ2n) is 5.26. The van der Waals surface area contributed by atoms with Gasteiger partial charge in [-0.1, -0.05) is 0 Å². The molecule has 0 aliphatic heterocycles. The van der Waals surface area contributed by atoms with E-state index in [-0.39, 0.29) is 11.5 Å². The molecule has 0 saturated carbocycles. The van der Waals surface area contributed by atoms with Crippen LogP contribution >= 0.6 is 27.3 Å². The molecule has 6 heteroatoms. The minimum atomic E-state index is -0.0972. The summed E-state index contributed by atoms with van der Waals surface area (Å²) in [5.41, 5.74) is 1.79. The summed E-state index contributed by atoms with van der Waals surface area (Å²) in [5, 5.41) is 10.9. The number of phenols is 1. The van der Waals surface area contributed by atoms with Gasteiger partial charge >= 0.3 is 0 Å². The molecule has 2 aromatic heterocycles. The maximum atomic E-state index is 12.7. The third-order valence-corrected chi connectivity index (χ3v) is 4.96. The maximum absolute atomic E-state index is 12.7. The average molecular weight is 380 g/mol. The molecule has 0 amide bonds. The van der Waals surface area contributed by atoms with Gasteiger partial charge in [0.05, 0.1) is 14.2 Å². The van der Waals surface area contributed by atoms with Crippen molar-refractivity contribution in [1.29, 1.82) is 0 Å². The van der Waals surface area contributed by atoms with E-state index in [4.69, 9.17) is 4.42 Å². The Kier molecular flexibility index (Phi) is 4.08. The van der Waals surface area contributed by atoms with Crippen LogP contribution in [-0.2, 0) is 6.54 Å². The molecule has 0 spiro atoms. The normalized spacial score (nSPS) is 11.5. The van der Waals surface area contributed by atoms with Crippen LogP contribution < -0.4 is 0 Å². The van der Waals surface area contributed by atoms with Crippen molar-refractivity contribution >= 4 is 44.0 Å². The highest BCUT2D eigenvalue weighted by Crippen LogP contribution is 2.34. The molecule has 2 heterocycles. The summed E-state index contributed by atoms with van der Waals surface area (Å²) in [6.07, 6.45) is 1.47. The van der Waals surface area contributed by atoms with Gasteiger partial charge in [-0.15, -0.1) is 11.3 Å². The van der Waals surface area contributed by atoms with Gasteiger partial charge in [-0.3, -0.25) is 4.79 Å². The van der Waals surface area contributed by atoms with Gasteiger partial charge in [0.15, 0.2) is 0 Å². The molecule has 0 bridgehead atoms. The summed E-state index contributed by atoms with van der Waals surface area (Å²) < 4.78 is 6.42. The van der Waals surface area contributed by atoms with Crippen LogP contribution in [0.1, 0.15) is 20.8 Å². The van der Waals surface area contributed by atoms with Crippen LogP contribution in [-0.4, -0.2) is 29.9 Å². The highest BCUT2D eigenvalue weighted by atomic mass is 79.9. The largest absolute Gasteiger partial charge is 0.508 e. The Labute approximate surface area is 140 Å². The van der Waals surface area contributed by atoms with Crippen molar-refractivity contribution < 1.29 is 14.3 Å². The Bertz CT molecular complexity index is 850. The van der Waals surface area contributed by atoms with Gasteiger partial charge in [0.2, 0.25) is 5.78 Å². The molecule has 0 radical (unpaired) electrons. The molecule has 22 heavy (non-hydrogen) atoms. The first-order valence-electron chi connectivity index (χ1n) is 6.64. The van der Waals surface area contributed by atoms with E-state index in [1.807, 2.05) is 25.1 Å². The molecule has 0 fully saturated rings. The first-order valence-corrected chi connectivity index (χ1v) is 8.25. The van der Waals surface area contributed by atoms with Gasteiger partial charge < -0.3 is 14.4 Å². The van der Waals surface area contributed by atoms with Gasteiger partial charge in [-0.05, 0) is 54.3 Å². The molecule has 0 aliphatic rings. The standard InChI is InChI=1S/C16H14BrNO3S/c1-18(2)7-9-11(19)3-4-12-15(9)10(8-21-12)16(20)13-5-6-14(17)22-13/h3-6,8,19H,7H2,1-2H3. The van der Waals surface area contributed by atoms with E-state index >= 15 is 0 Å². The Hall–Kier alpha value is -1.63. The zero-order valence-corrected chi connectivity index (χ0v) is 14.5. The smallest absolute Gasteiger partial charge is 0.206 e. The van der Waals surface area contributed by atoms with E-state index < -0.39 is 0 Å². The molecule has 3 aromatic rings. The minimum absolute atomic E-state index is 0.0972. The molecule has 0 atom stereocenters. The van der Waals surface area contributed by atoms with E-state index in [0.717, 1.165) is 3.79 Å². The zero-order chi connectivity index (χ0) is 15.9. The van der Waals surface area contributed by atoms with Crippen molar-refractivity contribution in [2.75, 3.05) is 14.1 Å². The molecule has 0 unspecified atom stereocenters. The minimum Gasteiger partial charge on any atom is -0.508 e. The number of aromatic hydroxyl groups is 1. The SMILES string of the molecule is CN(C)Cc1c(O)ccc2occ(C(=O)c3ccc(Br)s3)c12. The van der Waals surface area contributed by atoms with E-state index in [1.165, 1.54) is 17.6 Å². The summed E-state index contributed by atoms with van der Waals surface area (Å²) >= 11 is 4.75. The number of thiophene rings is 1. The van der Waals surface area contributed by atoms with E-state index in [1.54, 1.807) is 18.2 Å². The lowest BCUT2D eigenvalue weighted by Gasteiger charge is -2.12. The van der Waals surface area contributed by atoms with Gasteiger partial charge in [0.25, 0.3) is 0 Å². The first-order chi connectivity index (χ1) is 10.5. The number of halogens is 1. The van der Waals surface area contributed by atoms with Crippen LogP contribution in [0.4, 0.5) is 0 Å². The number of furan rings is 1. The molecule has 1 N–H and O–H groups in total. The fraction of sp³-hybridized carbons (Fsp3) is 0.188. The number of ketones is 1. The lowest BCUT2D eigenvalue weighted by Crippen LogP contribution is -2.11. The van der Waals surface area contributed by atoms with Crippen LogP contribution in [0, 0.1) is 0 Å². The topological polar surface area (TPSA) is 53.7 Å². The van der Waals surface area contributed by atoms with E-state index in [2.05, 4.69) is 15.9 Å². The van der Waals surface area contributed by atoms with Crippen LogP contribution in [0.25, 0.3) is 11.0 Å². The van der Waals surface area contributed by atoms with Crippen LogP contribution in [0.15, 0.2) is 38.7 Å². The van der Waals surface area contributed by atoms with Gasteiger partial charge in [0, 0.05) is 17.5 Å². The second-order valence-corrected chi connectivity index (χ2v) is 7.72. The molecule has 0 aliphatic carbocycles. The molecular formula is C16H14BrNO3S. The van der Waals surface area contributed by atoms with Crippen molar-refractivity contribution in [1.82, 2.24) is 4.90 Å². The number of hydrogen-bond acceptors (Lipinski definition) is 5. The van der Waals surface area contributed by atoms with Crippen molar-refractivity contribution in [2.45, 2.75) is 6.54 Å². The van der Waals surface area contributed by atoms with Gasteiger partial charge in [0.1, 0.15) is 17.6 Å². The molecule has 0 saturated heterocycles. The molecule has 4 nitrogen and oxygen atoms in total. The highest BCUT2D eigenvalue weighted by molar-refractivity contribution is 9.11. The highest BCUT2D eigenvalue weighted by Gasteiger charge is 2.21. The third-order valence-electron chi connectivity index (χ3n) is 3.34. The Morgan fingerprint density at radius 3 is 2.73 bits per heavy atom. The summed E-state index contributed by atoms with van der Waals surface area (Å²) in [5.74, 6) is 0.0732. The van der Waals surface area contributed by atoms with E-state index in [0.29, 0.717) is 33.5 Å². The lowest BCUT2D eigenvalue weighted by molar-refractivity contribution is 0.104. The second kappa shape index (κ2) is 5.87.